The van der Waals surface area contributed by atoms with Gasteiger partial charge in [0.15, 0.2) is 12.4 Å². The van der Waals surface area contributed by atoms with Crippen molar-refractivity contribution < 1.29 is 28.5 Å². The molecule has 1 heterocycles. The Bertz CT molecular complexity index is 802. The first-order valence-corrected chi connectivity index (χ1v) is 9.11. The molecule has 28 heavy (non-hydrogen) atoms. The zero-order valence-corrected chi connectivity index (χ0v) is 15.5. The van der Waals surface area contributed by atoms with E-state index in [1.807, 2.05) is 19.1 Å². The van der Waals surface area contributed by atoms with Gasteiger partial charge in [0.25, 0.3) is 0 Å². The predicted octanol–water partition coefficient (Wildman–Crippen LogP) is 3.39. The maximum absolute atomic E-state index is 12.4. The monoisotopic (exact) mass is 382 g/mol. The van der Waals surface area contributed by atoms with Crippen molar-refractivity contribution in [3.63, 3.8) is 0 Å². The SMILES string of the molecule is CCO[C@@H]1C=C[C@H](OC(=O)c2ccccc2)[C@@H](COC(=O)c2ccccc2)O1. The Balaban J connectivity index is 1.66. The molecule has 2 aromatic rings. The van der Waals surface area contributed by atoms with Crippen LogP contribution < -0.4 is 0 Å². The van der Waals surface area contributed by atoms with Crippen molar-refractivity contribution in [2.24, 2.45) is 0 Å². The van der Waals surface area contributed by atoms with Crippen LogP contribution in [0.25, 0.3) is 0 Å². The van der Waals surface area contributed by atoms with Crippen molar-refractivity contribution in [1.29, 1.82) is 0 Å². The Labute approximate surface area is 163 Å². The normalized spacial score (nSPS) is 21.1. The van der Waals surface area contributed by atoms with E-state index in [0.29, 0.717) is 17.7 Å². The van der Waals surface area contributed by atoms with Crippen LogP contribution in [0.15, 0.2) is 72.8 Å². The maximum atomic E-state index is 12.4. The molecule has 0 aromatic heterocycles. The molecule has 2 aromatic carbocycles. The molecule has 1 aliphatic rings. The molecule has 0 saturated heterocycles. The van der Waals surface area contributed by atoms with Crippen molar-refractivity contribution in [3.05, 3.63) is 83.9 Å². The lowest BCUT2D eigenvalue weighted by Gasteiger charge is -2.31. The minimum Gasteiger partial charge on any atom is -0.459 e. The van der Waals surface area contributed by atoms with E-state index in [9.17, 15) is 9.59 Å². The molecule has 0 fully saturated rings. The first-order chi connectivity index (χ1) is 13.7. The molecule has 0 aliphatic carbocycles. The molecule has 0 amide bonds. The van der Waals surface area contributed by atoms with Gasteiger partial charge < -0.3 is 18.9 Å². The van der Waals surface area contributed by atoms with Gasteiger partial charge in [-0.15, -0.1) is 0 Å². The molecule has 6 nitrogen and oxygen atoms in total. The zero-order chi connectivity index (χ0) is 19.8. The van der Waals surface area contributed by atoms with Crippen LogP contribution in [0.1, 0.15) is 27.6 Å². The van der Waals surface area contributed by atoms with E-state index in [4.69, 9.17) is 18.9 Å². The lowest BCUT2D eigenvalue weighted by molar-refractivity contribution is -0.178. The van der Waals surface area contributed by atoms with Gasteiger partial charge in [-0.3, -0.25) is 0 Å². The molecule has 1 aliphatic heterocycles. The van der Waals surface area contributed by atoms with Crippen LogP contribution in [0.5, 0.6) is 0 Å². The highest BCUT2D eigenvalue weighted by Crippen LogP contribution is 2.19. The maximum Gasteiger partial charge on any atom is 0.338 e. The average Bonchev–Trinajstić information content (AvgIpc) is 2.75. The highest BCUT2D eigenvalue weighted by molar-refractivity contribution is 5.90. The fourth-order valence-corrected chi connectivity index (χ4v) is 2.71. The number of rotatable bonds is 7. The molecule has 146 valence electrons. The van der Waals surface area contributed by atoms with Gasteiger partial charge in [-0.25, -0.2) is 9.59 Å². The topological polar surface area (TPSA) is 71.1 Å². The minimum absolute atomic E-state index is 0.0750. The summed E-state index contributed by atoms with van der Waals surface area (Å²) in [5, 5.41) is 0. The standard InChI is InChI=1S/C22H22O6/c1-2-25-20-14-13-18(28-22(24)17-11-7-4-8-12-17)19(27-20)15-26-21(23)16-9-5-3-6-10-16/h3-14,18-20H,2,15H2,1H3/t18-,19+,20-/m0/s1. The molecular weight excluding hydrogens is 360 g/mol. The summed E-state index contributed by atoms with van der Waals surface area (Å²) in [6.45, 7) is 2.23. The second kappa shape index (κ2) is 9.82. The van der Waals surface area contributed by atoms with Gasteiger partial charge in [-0.2, -0.15) is 0 Å². The van der Waals surface area contributed by atoms with Gasteiger partial charge >= 0.3 is 11.9 Å². The van der Waals surface area contributed by atoms with Crippen LogP contribution in [0, 0.1) is 0 Å². The van der Waals surface area contributed by atoms with Crippen LogP contribution in [-0.2, 0) is 18.9 Å². The molecule has 6 heteroatoms. The molecule has 3 atom stereocenters. The van der Waals surface area contributed by atoms with Crippen molar-refractivity contribution in [2.45, 2.75) is 25.4 Å². The van der Waals surface area contributed by atoms with Gasteiger partial charge in [-0.05, 0) is 43.3 Å². The number of benzene rings is 2. The number of hydrogen-bond donors (Lipinski definition) is 0. The Hall–Kier alpha value is -2.96. The van der Waals surface area contributed by atoms with Gasteiger partial charge in [-0.1, -0.05) is 36.4 Å². The summed E-state index contributed by atoms with van der Waals surface area (Å²) < 4.78 is 22.2. The van der Waals surface area contributed by atoms with Crippen LogP contribution in [0.4, 0.5) is 0 Å². The van der Waals surface area contributed by atoms with E-state index in [2.05, 4.69) is 0 Å². The number of ether oxygens (including phenoxy) is 4. The van der Waals surface area contributed by atoms with Gasteiger partial charge in [0.2, 0.25) is 0 Å². The number of hydrogen-bond acceptors (Lipinski definition) is 6. The molecule has 0 spiro atoms. The van der Waals surface area contributed by atoms with Crippen LogP contribution >= 0.6 is 0 Å². The van der Waals surface area contributed by atoms with E-state index in [1.54, 1.807) is 60.7 Å². The fraction of sp³-hybridized carbons (Fsp3) is 0.273. The van der Waals surface area contributed by atoms with Crippen molar-refractivity contribution in [1.82, 2.24) is 0 Å². The van der Waals surface area contributed by atoms with Crippen molar-refractivity contribution in [3.8, 4) is 0 Å². The highest BCUT2D eigenvalue weighted by Gasteiger charge is 2.32. The summed E-state index contributed by atoms with van der Waals surface area (Å²) >= 11 is 0. The summed E-state index contributed by atoms with van der Waals surface area (Å²) in [6, 6.07) is 17.3. The fourth-order valence-electron chi connectivity index (χ4n) is 2.71. The van der Waals surface area contributed by atoms with E-state index < -0.39 is 30.4 Å². The van der Waals surface area contributed by atoms with Gasteiger partial charge in [0.1, 0.15) is 12.7 Å². The quantitative estimate of drug-likeness (QED) is 0.540. The Kier molecular flexibility index (Phi) is 6.94. The van der Waals surface area contributed by atoms with E-state index in [0.717, 1.165) is 0 Å². The Morgan fingerprint density at radius 1 is 0.893 bits per heavy atom. The Morgan fingerprint density at radius 3 is 2.11 bits per heavy atom. The summed E-state index contributed by atoms with van der Waals surface area (Å²) in [5.41, 5.74) is 0.871. The number of carbonyl (C=O) groups is 2. The summed E-state index contributed by atoms with van der Waals surface area (Å²) in [4.78, 5) is 24.6. The number of carbonyl (C=O) groups excluding carboxylic acids is 2. The van der Waals surface area contributed by atoms with E-state index in [-0.39, 0.29) is 6.61 Å². The third-order valence-corrected chi connectivity index (χ3v) is 4.11. The average molecular weight is 382 g/mol. The zero-order valence-electron chi connectivity index (χ0n) is 15.5. The summed E-state index contributed by atoms with van der Waals surface area (Å²) in [5.74, 6) is -0.951. The van der Waals surface area contributed by atoms with Crippen LogP contribution in [-0.4, -0.2) is 43.7 Å². The lowest BCUT2D eigenvalue weighted by atomic mass is 10.1. The molecule has 3 rings (SSSR count). The van der Waals surface area contributed by atoms with E-state index in [1.165, 1.54) is 0 Å². The van der Waals surface area contributed by atoms with Crippen LogP contribution in [0.3, 0.4) is 0 Å². The summed E-state index contributed by atoms with van der Waals surface area (Å²) in [7, 11) is 0. The third kappa shape index (κ3) is 5.28. The molecule has 0 saturated carbocycles. The minimum atomic E-state index is -0.701. The predicted molar refractivity (Wildman–Crippen MR) is 102 cm³/mol. The second-order valence-corrected chi connectivity index (χ2v) is 6.08. The first kappa shape index (κ1) is 19.8. The highest BCUT2D eigenvalue weighted by atomic mass is 16.7. The molecular formula is C22H22O6. The molecule has 0 N–H and O–H groups in total. The third-order valence-electron chi connectivity index (χ3n) is 4.11. The molecule has 0 unspecified atom stereocenters. The smallest absolute Gasteiger partial charge is 0.338 e. The van der Waals surface area contributed by atoms with Crippen LogP contribution in [0.2, 0.25) is 0 Å². The van der Waals surface area contributed by atoms with E-state index >= 15 is 0 Å². The Morgan fingerprint density at radius 2 is 1.50 bits per heavy atom. The van der Waals surface area contributed by atoms with Gasteiger partial charge in [0, 0.05) is 6.61 Å². The second-order valence-electron chi connectivity index (χ2n) is 6.08. The number of esters is 2. The first-order valence-electron chi connectivity index (χ1n) is 9.11. The summed E-state index contributed by atoms with van der Waals surface area (Å²) in [6.07, 6.45) is 1.42. The van der Waals surface area contributed by atoms with Crippen molar-refractivity contribution >= 4 is 11.9 Å². The molecule has 0 bridgehead atoms. The van der Waals surface area contributed by atoms with Gasteiger partial charge in [0.05, 0.1) is 11.1 Å². The lowest BCUT2D eigenvalue weighted by Crippen LogP contribution is -2.42. The van der Waals surface area contributed by atoms with Crippen molar-refractivity contribution in [2.75, 3.05) is 13.2 Å². The molecule has 0 radical (unpaired) electrons. The largest absolute Gasteiger partial charge is 0.459 e.